The molecule has 0 spiro atoms. The van der Waals surface area contributed by atoms with Gasteiger partial charge in [0.2, 0.25) is 0 Å². The van der Waals surface area contributed by atoms with E-state index in [1.54, 1.807) is 13.8 Å². The van der Waals surface area contributed by atoms with Crippen molar-refractivity contribution in [3.8, 4) is 0 Å². The quantitative estimate of drug-likeness (QED) is 0.249. The molecule has 9 nitrogen and oxygen atoms in total. The smallest absolute Gasteiger partial charge is 0.332 e. The Kier molecular flexibility index (Phi) is 18.1. The van der Waals surface area contributed by atoms with Crippen molar-refractivity contribution in [2.75, 3.05) is 79.3 Å². The van der Waals surface area contributed by atoms with Gasteiger partial charge in [-0.15, -0.1) is 0 Å². The van der Waals surface area contributed by atoms with Gasteiger partial charge in [0.1, 0.15) is 13.2 Å². The molecule has 0 atom stereocenters. The second kappa shape index (κ2) is 19.1. The average molecular weight is 366 g/mol. The van der Waals surface area contributed by atoms with Gasteiger partial charge in [-0.1, -0.05) is 0 Å². The van der Waals surface area contributed by atoms with Crippen LogP contribution in [0.3, 0.4) is 0 Å². The van der Waals surface area contributed by atoms with Crippen LogP contribution < -0.4 is 0 Å². The summed E-state index contributed by atoms with van der Waals surface area (Å²) in [4.78, 5) is 21.9. The zero-order valence-electron chi connectivity index (χ0n) is 15.2. The first-order valence-electron chi connectivity index (χ1n) is 8.40. The van der Waals surface area contributed by atoms with E-state index in [1.807, 2.05) is 0 Å². The van der Waals surface area contributed by atoms with Crippen molar-refractivity contribution in [3.05, 3.63) is 0 Å². The van der Waals surface area contributed by atoms with Crippen LogP contribution >= 0.6 is 0 Å². The van der Waals surface area contributed by atoms with Crippen LogP contribution in [0.1, 0.15) is 13.8 Å². The van der Waals surface area contributed by atoms with Crippen molar-refractivity contribution in [1.82, 2.24) is 0 Å². The minimum atomic E-state index is -0.378. The fraction of sp³-hybridized carbons (Fsp3) is 0.875. The van der Waals surface area contributed by atoms with Crippen molar-refractivity contribution in [3.63, 3.8) is 0 Å². The second-order valence-corrected chi connectivity index (χ2v) is 4.55. The van der Waals surface area contributed by atoms with Gasteiger partial charge < -0.3 is 33.2 Å². The summed E-state index contributed by atoms with van der Waals surface area (Å²) in [5, 5.41) is 0. The van der Waals surface area contributed by atoms with Crippen LogP contribution in [0, 0.1) is 0 Å². The molecular weight excluding hydrogens is 336 g/mol. The predicted octanol–water partition coefficient (Wildman–Crippen LogP) is 0.196. The van der Waals surface area contributed by atoms with E-state index in [1.165, 1.54) is 0 Å². The van der Waals surface area contributed by atoms with E-state index in [9.17, 15) is 9.59 Å². The largest absolute Gasteiger partial charge is 0.464 e. The van der Waals surface area contributed by atoms with E-state index in [-0.39, 0.29) is 25.2 Å². The molecule has 0 saturated heterocycles. The van der Waals surface area contributed by atoms with Gasteiger partial charge >= 0.3 is 11.9 Å². The van der Waals surface area contributed by atoms with Crippen LogP contribution in [0.25, 0.3) is 0 Å². The Balaban J connectivity index is 3.09. The topological polar surface area (TPSA) is 98.8 Å². The van der Waals surface area contributed by atoms with Gasteiger partial charge in [0.15, 0.2) is 0 Å². The lowest BCUT2D eigenvalue weighted by Gasteiger charge is -2.07. The summed E-state index contributed by atoms with van der Waals surface area (Å²) >= 11 is 0. The number of hydrogen-bond donors (Lipinski definition) is 0. The molecule has 0 radical (unpaired) electrons. The SMILES string of the molecule is CCOC(=O)COCCOCCOCCOCCOCC(=O)OCC. The number of hydrogen-bond acceptors (Lipinski definition) is 9. The maximum atomic E-state index is 11.0. The lowest BCUT2D eigenvalue weighted by molar-refractivity contribution is -0.149. The molecule has 0 heterocycles. The van der Waals surface area contributed by atoms with Gasteiger partial charge in [0, 0.05) is 0 Å². The highest BCUT2D eigenvalue weighted by atomic mass is 16.6. The summed E-state index contributed by atoms with van der Waals surface area (Å²) in [6.07, 6.45) is 0. The summed E-state index contributed by atoms with van der Waals surface area (Å²) < 4.78 is 35.4. The third-order valence-electron chi connectivity index (χ3n) is 2.54. The zero-order chi connectivity index (χ0) is 18.6. The first kappa shape index (κ1) is 23.7. The standard InChI is InChI=1S/C16H30O9/c1-3-24-15(17)13-22-11-9-20-7-5-19-6-8-21-10-12-23-14-16(18)25-4-2/h3-14H2,1-2H3. The molecule has 0 rings (SSSR count). The van der Waals surface area contributed by atoms with Crippen LogP contribution in [0.5, 0.6) is 0 Å². The third kappa shape index (κ3) is 18.9. The number of carbonyl (C=O) groups excluding carboxylic acids is 2. The molecule has 0 aromatic rings. The van der Waals surface area contributed by atoms with Gasteiger partial charge in [-0.2, -0.15) is 0 Å². The number of rotatable bonds is 18. The van der Waals surface area contributed by atoms with E-state index in [0.29, 0.717) is 66.1 Å². The molecule has 0 aliphatic carbocycles. The number of esters is 2. The minimum Gasteiger partial charge on any atom is -0.464 e. The molecular formula is C16H30O9. The van der Waals surface area contributed by atoms with Crippen molar-refractivity contribution in [1.29, 1.82) is 0 Å². The molecule has 0 bridgehead atoms. The second-order valence-electron chi connectivity index (χ2n) is 4.55. The first-order chi connectivity index (χ1) is 12.2. The van der Waals surface area contributed by atoms with E-state index in [0.717, 1.165) is 0 Å². The van der Waals surface area contributed by atoms with Crippen molar-refractivity contribution < 1.29 is 42.7 Å². The minimum absolute atomic E-state index is 0.0610. The predicted molar refractivity (Wildman–Crippen MR) is 87.4 cm³/mol. The Morgan fingerprint density at radius 3 is 1.08 bits per heavy atom. The molecule has 0 amide bonds. The average Bonchev–Trinajstić information content (AvgIpc) is 2.58. The molecule has 0 N–H and O–H groups in total. The Labute approximate surface area is 148 Å². The van der Waals surface area contributed by atoms with Crippen molar-refractivity contribution in [2.24, 2.45) is 0 Å². The van der Waals surface area contributed by atoms with Crippen molar-refractivity contribution in [2.45, 2.75) is 13.8 Å². The first-order valence-corrected chi connectivity index (χ1v) is 8.40. The van der Waals surface area contributed by atoms with Crippen LogP contribution in [0.4, 0.5) is 0 Å². The molecule has 0 saturated carbocycles. The molecule has 25 heavy (non-hydrogen) atoms. The number of carbonyl (C=O) groups is 2. The van der Waals surface area contributed by atoms with E-state index < -0.39 is 0 Å². The summed E-state index contributed by atoms with van der Waals surface area (Å²) in [6, 6.07) is 0. The molecule has 148 valence electrons. The fourth-order valence-electron chi connectivity index (χ4n) is 1.49. The van der Waals surface area contributed by atoms with Crippen molar-refractivity contribution >= 4 is 11.9 Å². The van der Waals surface area contributed by atoms with Gasteiger partial charge in [-0.25, -0.2) is 9.59 Å². The normalized spacial score (nSPS) is 10.6. The Morgan fingerprint density at radius 2 is 0.800 bits per heavy atom. The molecule has 0 aliphatic heterocycles. The highest BCUT2D eigenvalue weighted by Gasteiger charge is 2.01. The molecule has 0 fully saturated rings. The van der Waals surface area contributed by atoms with Gasteiger partial charge in [0.05, 0.1) is 66.1 Å². The maximum absolute atomic E-state index is 11.0. The number of ether oxygens (including phenoxy) is 7. The summed E-state index contributed by atoms with van der Waals surface area (Å²) in [5.41, 5.74) is 0. The molecule has 9 heteroatoms. The monoisotopic (exact) mass is 366 g/mol. The molecule has 0 aromatic carbocycles. The zero-order valence-corrected chi connectivity index (χ0v) is 15.2. The van der Waals surface area contributed by atoms with E-state index >= 15 is 0 Å². The van der Waals surface area contributed by atoms with Gasteiger partial charge in [-0.05, 0) is 13.8 Å². The van der Waals surface area contributed by atoms with Gasteiger partial charge in [-0.3, -0.25) is 0 Å². The highest BCUT2D eigenvalue weighted by Crippen LogP contribution is 1.86. The Bertz CT molecular complexity index is 293. The maximum Gasteiger partial charge on any atom is 0.332 e. The molecule has 0 unspecified atom stereocenters. The fourth-order valence-corrected chi connectivity index (χ4v) is 1.49. The lowest BCUT2D eigenvalue weighted by Crippen LogP contribution is -2.17. The summed E-state index contributed by atoms with van der Waals surface area (Å²) in [6.45, 7) is 7.25. The third-order valence-corrected chi connectivity index (χ3v) is 2.54. The lowest BCUT2D eigenvalue weighted by atomic mass is 10.6. The Morgan fingerprint density at radius 1 is 0.520 bits per heavy atom. The Hall–Kier alpha value is -1.26. The van der Waals surface area contributed by atoms with Crippen LogP contribution in [-0.4, -0.2) is 91.2 Å². The molecule has 0 aliphatic rings. The summed E-state index contributed by atoms with van der Waals surface area (Å²) in [7, 11) is 0. The van der Waals surface area contributed by atoms with E-state index in [4.69, 9.17) is 33.2 Å². The van der Waals surface area contributed by atoms with Crippen LogP contribution in [0.2, 0.25) is 0 Å². The molecule has 0 aromatic heterocycles. The van der Waals surface area contributed by atoms with Crippen LogP contribution in [0.15, 0.2) is 0 Å². The van der Waals surface area contributed by atoms with E-state index in [2.05, 4.69) is 0 Å². The summed E-state index contributed by atoms with van der Waals surface area (Å²) in [5.74, 6) is -0.755. The van der Waals surface area contributed by atoms with Crippen LogP contribution in [-0.2, 0) is 42.7 Å². The highest BCUT2D eigenvalue weighted by molar-refractivity contribution is 5.70. The van der Waals surface area contributed by atoms with Gasteiger partial charge in [0.25, 0.3) is 0 Å².